The first kappa shape index (κ1) is 23.7. The highest BCUT2D eigenvalue weighted by molar-refractivity contribution is 5.90. The van der Waals surface area contributed by atoms with E-state index >= 15 is 0 Å². The van der Waals surface area contributed by atoms with Crippen molar-refractivity contribution in [3.05, 3.63) is 131 Å². The summed E-state index contributed by atoms with van der Waals surface area (Å²) in [6, 6.07) is 27.7. The second-order valence-electron chi connectivity index (χ2n) is 9.50. The monoisotopic (exact) mass is 505 g/mol. The fraction of sp³-hybridized carbons (Fsp3) is 0.161. The number of aromatic nitrogens is 3. The van der Waals surface area contributed by atoms with Gasteiger partial charge in [-0.1, -0.05) is 55.5 Å². The molecule has 2 amide bonds. The second kappa shape index (κ2) is 9.67. The maximum atomic E-state index is 13.9. The van der Waals surface area contributed by atoms with Crippen LogP contribution in [-0.2, 0) is 13.0 Å². The van der Waals surface area contributed by atoms with Gasteiger partial charge in [0.2, 0.25) is 0 Å². The number of fused-ring (bicyclic) bond motifs is 3. The van der Waals surface area contributed by atoms with Gasteiger partial charge in [0.05, 0.1) is 29.7 Å². The summed E-state index contributed by atoms with van der Waals surface area (Å²) >= 11 is 0. The number of urea groups is 1. The van der Waals surface area contributed by atoms with Crippen LogP contribution >= 0.6 is 0 Å². The van der Waals surface area contributed by atoms with Crippen LogP contribution in [0, 0.1) is 12.7 Å². The number of hydrogen-bond acceptors (Lipinski definition) is 2. The summed E-state index contributed by atoms with van der Waals surface area (Å²) in [6.07, 6.45) is 2.96. The first-order chi connectivity index (χ1) is 18.5. The third kappa shape index (κ3) is 4.16. The molecular formula is C31H28FN5O. The maximum Gasteiger partial charge on any atom is 0.322 e. The number of amides is 2. The minimum atomic E-state index is -0.401. The predicted molar refractivity (Wildman–Crippen MR) is 146 cm³/mol. The van der Waals surface area contributed by atoms with Crippen LogP contribution in [0.25, 0.3) is 11.5 Å². The Bertz CT molecular complexity index is 1600. The molecule has 0 radical (unpaired) electrons. The van der Waals surface area contributed by atoms with Crippen molar-refractivity contribution in [1.82, 2.24) is 19.2 Å². The molecule has 0 spiro atoms. The number of hydrogen-bond donors (Lipinski definition) is 1. The largest absolute Gasteiger partial charge is 0.322 e. The third-order valence-electron chi connectivity index (χ3n) is 7.13. The van der Waals surface area contributed by atoms with Gasteiger partial charge in [0.15, 0.2) is 0 Å². The summed E-state index contributed by atoms with van der Waals surface area (Å²) in [5, 5.41) is 7.81. The van der Waals surface area contributed by atoms with E-state index < -0.39 is 5.82 Å². The van der Waals surface area contributed by atoms with Gasteiger partial charge in [0.25, 0.3) is 0 Å². The summed E-state index contributed by atoms with van der Waals surface area (Å²) in [5.74, 6) is 0.506. The van der Waals surface area contributed by atoms with Crippen molar-refractivity contribution in [2.75, 3.05) is 5.32 Å². The topological polar surface area (TPSA) is 55.1 Å². The molecule has 6 rings (SSSR count). The summed E-state index contributed by atoms with van der Waals surface area (Å²) in [7, 11) is 0. The van der Waals surface area contributed by atoms with Gasteiger partial charge in [-0.3, -0.25) is 0 Å². The average Bonchev–Trinajstić information content (AvgIpc) is 3.49. The number of nitrogens with one attached hydrogen (secondary N) is 1. The summed E-state index contributed by atoms with van der Waals surface area (Å²) in [6.45, 7) is 4.43. The molecule has 1 aliphatic heterocycles. The van der Waals surface area contributed by atoms with Gasteiger partial charge >= 0.3 is 6.03 Å². The molecule has 0 saturated heterocycles. The lowest BCUT2D eigenvalue weighted by molar-refractivity contribution is 0.194. The van der Waals surface area contributed by atoms with Crippen LogP contribution in [0.4, 0.5) is 14.9 Å². The standard InChI is InChI=1S/C31H28FN5O/c1-3-22-14-16-23(17-15-22)29-28-13-8-18-35(28)30-27(21(2)34-37(30)26-11-5-4-6-12-26)20-36(29)31(38)33-25-10-7-9-24(32)19-25/h4-19,29H,3,20H2,1-2H3,(H,33,38)/t29-/m0/s1. The normalized spacial score (nSPS) is 14.5. The molecule has 0 saturated carbocycles. The minimum Gasteiger partial charge on any atom is -0.308 e. The Labute approximate surface area is 221 Å². The average molecular weight is 506 g/mol. The first-order valence-corrected chi connectivity index (χ1v) is 12.8. The molecule has 1 aliphatic rings. The fourth-order valence-corrected chi connectivity index (χ4v) is 5.20. The highest BCUT2D eigenvalue weighted by Gasteiger charge is 2.36. The molecule has 3 heterocycles. The Morgan fingerprint density at radius 1 is 1.00 bits per heavy atom. The van der Waals surface area contributed by atoms with E-state index in [1.165, 1.54) is 17.7 Å². The molecule has 38 heavy (non-hydrogen) atoms. The first-order valence-electron chi connectivity index (χ1n) is 12.8. The summed E-state index contributed by atoms with van der Waals surface area (Å²) in [4.78, 5) is 15.7. The van der Waals surface area contributed by atoms with Crippen molar-refractivity contribution in [2.45, 2.75) is 32.9 Å². The number of nitrogens with zero attached hydrogens (tertiary/aromatic N) is 4. The lowest BCUT2D eigenvalue weighted by Gasteiger charge is -2.31. The number of rotatable bonds is 4. The van der Waals surface area contributed by atoms with E-state index in [0.717, 1.165) is 40.4 Å². The number of anilines is 1. The zero-order valence-corrected chi connectivity index (χ0v) is 21.3. The summed E-state index contributed by atoms with van der Waals surface area (Å²) < 4.78 is 18.0. The van der Waals surface area contributed by atoms with Gasteiger partial charge in [-0.2, -0.15) is 5.10 Å². The zero-order valence-electron chi connectivity index (χ0n) is 21.3. The van der Waals surface area contributed by atoms with Crippen LogP contribution in [0.15, 0.2) is 97.2 Å². The molecule has 3 aromatic carbocycles. The molecule has 6 nitrogen and oxygen atoms in total. The van der Waals surface area contributed by atoms with Crippen LogP contribution < -0.4 is 5.32 Å². The Hall–Kier alpha value is -4.65. The fourth-order valence-electron chi connectivity index (χ4n) is 5.20. The highest BCUT2D eigenvalue weighted by atomic mass is 19.1. The molecule has 1 atom stereocenters. The van der Waals surface area contributed by atoms with Crippen molar-refractivity contribution >= 4 is 11.7 Å². The Morgan fingerprint density at radius 3 is 2.53 bits per heavy atom. The molecule has 2 aromatic heterocycles. The van der Waals surface area contributed by atoms with Gasteiger partial charge < -0.3 is 14.8 Å². The van der Waals surface area contributed by atoms with Gasteiger partial charge in [-0.15, -0.1) is 0 Å². The Balaban J connectivity index is 1.53. The number of para-hydroxylation sites is 1. The molecule has 0 fully saturated rings. The third-order valence-corrected chi connectivity index (χ3v) is 7.13. The number of benzene rings is 3. The summed E-state index contributed by atoms with van der Waals surface area (Å²) in [5.41, 5.74) is 6.32. The predicted octanol–water partition coefficient (Wildman–Crippen LogP) is 6.81. The van der Waals surface area contributed by atoms with Gasteiger partial charge in [0, 0.05) is 17.4 Å². The second-order valence-corrected chi connectivity index (χ2v) is 9.50. The van der Waals surface area contributed by atoms with Crippen LogP contribution in [0.3, 0.4) is 0 Å². The van der Waals surface area contributed by atoms with Crippen molar-refractivity contribution in [3.8, 4) is 11.5 Å². The van der Waals surface area contributed by atoms with Crippen LogP contribution in [0.1, 0.15) is 41.0 Å². The highest BCUT2D eigenvalue weighted by Crippen LogP contribution is 2.38. The van der Waals surface area contributed by atoms with Crippen molar-refractivity contribution in [2.24, 2.45) is 0 Å². The number of aryl methyl sites for hydroxylation is 2. The van der Waals surface area contributed by atoms with Gasteiger partial charge in [-0.25, -0.2) is 13.9 Å². The lowest BCUT2D eigenvalue weighted by Crippen LogP contribution is -2.38. The lowest BCUT2D eigenvalue weighted by atomic mass is 9.99. The van der Waals surface area contributed by atoms with Crippen molar-refractivity contribution in [1.29, 1.82) is 0 Å². The smallest absolute Gasteiger partial charge is 0.308 e. The van der Waals surface area contributed by atoms with Crippen LogP contribution in [0.2, 0.25) is 0 Å². The molecule has 0 bridgehead atoms. The molecule has 1 N–H and O–H groups in total. The Kier molecular flexibility index (Phi) is 6.04. The number of halogens is 1. The van der Waals surface area contributed by atoms with E-state index in [0.29, 0.717) is 12.2 Å². The molecule has 190 valence electrons. The number of carbonyl (C=O) groups is 1. The molecule has 7 heteroatoms. The van der Waals surface area contributed by atoms with E-state index in [4.69, 9.17) is 5.10 Å². The van der Waals surface area contributed by atoms with E-state index in [1.54, 1.807) is 12.1 Å². The molecule has 0 aliphatic carbocycles. The van der Waals surface area contributed by atoms with E-state index in [1.807, 2.05) is 65.2 Å². The maximum absolute atomic E-state index is 13.9. The van der Waals surface area contributed by atoms with Crippen molar-refractivity contribution < 1.29 is 9.18 Å². The Morgan fingerprint density at radius 2 is 1.79 bits per heavy atom. The van der Waals surface area contributed by atoms with Crippen LogP contribution in [0.5, 0.6) is 0 Å². The molecule has 0 unspecified atom stereocenters. The van der Waals surface area contributed by atoms with E-state index in [9.17, 15) is 9.18 Å². The van der Waals surface area contributed by atoms with Crippen LogP contribution in [-0.4, -0.2) is 25.3 Å². The van der Waals surface area contributed by atoms with Gasteiger partial charge in [0.1, 0.15) is 11.6 Å². The SMILES string of the molecule is CCc1ccc([C@H]2c3cccn3-c3c(c(C)nn3-c3ccccc3)CN2C(=O)Nc2cccc(F)c2)cc1. The van der Waals surface area contributed by atoms with Crippen molar-refractivity contribution in [3.63, 3.8) is 0 Å². The number of carbonyl (C=O) groups excluding carboxylic acids is 1. The quantitative estimate of drug-likeness (QED) is 0.292. The van der Waals surface area contributed by atoms with E-state index in [-0.39, 0.29) is 12.1 Å². The molecular weight excluding hydrogens is 477 g/mol. The van der Waals surface area contributed by atoms with Gasteiger partial charge in [-0.05, 0) is 66.9 Å². The van der Waals surface area contributed by atoms with E-state index in [2.05, 4.69) is 41.1 Å². The minimum absolute atomic E-state index is 0.312. The molecule has 5 aromatic rings. The zero-order chi connectivity index (χ0) is 26.2.